The SMILES string of the molecule is CNCc1nnc(N2CCCSCC2)o1. The first-order valence-corrected chi connectivity index (χ1v) is 6.35. The molecule has 0 spiro atoms. The van der Waals surface area contributed by atoms with Crippen LogP contribution >= 0.6 is 11.8 Å². The van der Waals surface area contributed by atoms with Crippen LogP contribution < -0.4 is 10.2 Å². The summed E-state index contributed by atoms with van der Waals surface area (Å²) in [6.45, 7) is 2.66. The molecule has 0 bridgehead atoms. The summed E-state index contributed by atoms with van der Waals surface area (Å²) in [5.41, 5.74) is 0. The lowest BCUT2D eigenvalue weighted by Gasteiger charge is -2.15. The van der Waals surface area contributed by atoms with E-state index in [1.807, 2.05) is 18.8 Å². The van der Waals surface area contributed by atoms with Crippen LogP contribution in [0, 0.1) is 0 Å². The molecule has 6 heteroatoms. The van der Waals surface area contributed by atoms with E-state index in [1.165, 1.54) is 12.2 Å². The Bertz CT molecular complexity index is 296. The molecular weight excluding hydrogens is 212 g/mol. The van der Waals surface area contributed by atoms with E-state index < -0.39 is 0 Å². The number of nitrogens with one attached hydrogen (secondary N) is 1. The van der Waals surface area contributed by atoms with Crippen molar-refractivity contribution in [1.29, 1.82) is 0 Å². The van der Waals surface area contributed by atoms with Crippen molar-refractivity contribution in [3.05, 3.63) is 5.89 Å². The van der Waals surface area contributed by atoms with Crippen molar-refractivity contribution in [3.63, 3.8) is 0 Å². The fraction of sp³-hybridized carbons (Fsp3) is 0.778. The van der Waals surface area contributed by atoms with Gasteiger partial charge in [-0.05, 0) is 19.2 Å². The van der Waals surface area contributed by atoms with E-state index in [0.29, 0.717) is 18.5 Å². The monoisotopic (exact) mass is 228 g/mol. The molecule has 0 radical (unpaired) electrons. The minimum absolute atomic E-state index is 0.635. The molecule has 0 aromatic carbocycles. The highest BCUT2D eigenvalue weighted by Crippen LogP contribution is 2.17. The highest BCUT2D eigenvalue weighted by atomic mass is 32.2. The Labute approximate surface area is 93.6 Å². The van der Waals surface area contributed by atoms with Crippen molar-refractivity contribution in [2.75, 3.05) is 36.5 Å². The smallest absolute Gasteiger partial charge is 0.318 e. The zero-order chi connectivity index (χ0) is 10.5. The average molecular weight is 228 g/mol. The molecule has 1 aromatic rings. The molecule has 0 amide bonds. The van der Waals surface area contributed by atoms with E-state index in [1.54, 1.807) is 0 Å². The molecule has 0 aliphatic carbocycles. The summed E-state index contributed by atoms with van der Waals surface area (Å²) in [7, 11) is 1.87. The van der Waals surface area contributed by atoms with E-state index in [9.17, 15) is 0 Å². The van der Waals surface area contributed by atoms with Gasteiger partial charge in [-0.2, -0.15) is 11.8 Å². The Morgan fingerprint density at radius 1 is 1.40 bits per heavy atom. The van der Waals surface area contributed by atoms with Crippen molar-refractivity contribution in [1.82, 2.24) is 15.5 Å². The minimum Gasteiger partial charge on any atom is -0.407 e. The first-order valence-electron chi connectivity index (χ1n) is 5.20. The largest absolute Gasteiger partial charge is 0.407 e. The van der Waals surface area contributed by atoms with E-state index in [0.717, 1.165) is 18.8 Å². The van der Waals surface area contributed by atoms with Crippen LogP contribution in [0.25, 0.3) is 0 Å². The Hall–Kier alpha value is -0.750. The number of thioether (sulfide) groups is 1. The van der Waals surface area contributed by atoms with Gasteiger partial charge in [-0.1, -0.05) is 5.10 Å². The average Bonchev–Trinajstić information content (AvgIpc) is 2.53. The fourth-order valence-corrected chi connectivity index (χ4v) is 2.42. The maximum Gasteiger partial charge on any atom is 0.318 e. The number of anilines is 1. The molecule has 0 saturated carbocycles. The summed E-state index contributed by atoms with van der Waals surface area (Å²) in [5, 5.41) is 11.0. The highest BCUT2D eigenvalue weighted by Gasteiger charge is 2.15. The van der Waals surface area contributed by atoms with Gasteiger partial charge in [0.05, 0.1) is 6.54 Å². The molecule has 1 aromatic heterocycles. The summed E-state index contributed by atoms with van der Waals surface area (Å²) in [5.74, 6) is 3.03. The van der Waals surface area contributed by atoms with Gasteiger partial charge in [-0.15, -0.1) is 5.10 Å². The molecule has 1 fully saturated rings. The molecule has 1 aliphatic rings. The van der Waals surface area contributed by atoms with Gasteiger partial charge in [0.2, 0.25) is 5.89 Å². The second-order valence-corrected chi connectivity index (χ2v) is 4.69. The van der Waals surface area contributed by atoms with Crippen LogP contribution in [0.2, 0.25) is 0 Å². The second-order valence-electron chi connectivity index (χ2n) is 3.46. The van der Waals surface area contributed by atoms with Crippen LogP contribution in [0.3, 0.4) is 0 Å². The molecule has 15 heavy (non-hydrogen) atoms. The molecule has 0 atom stereocenters. The Kier molecular flexibility index (Phi) is 3.85. The molecule has 5 nitrogen and oxygen atoms in total. The number of rotatable bonds is 3. The van der Waals surface area contributed by atoms with Crippen molar-refractivity contribution >= 4 is 17.8 Å². The van der Waals surface area contributed by atoms with Crippen molar-refractivity contribution < 1.29 is 4.42 Å². The van der Waals surface area contributed by atoms with Gasteiger partial charge in [-0.25, -0.2) is 0 Å². The summed E-state index contributed by atoms with van der Waals surface area (Å²) in [6.07, 6.45) is 1.19. The Morgan fingerprint density at radius 3 is 3.20 bits per heavy atom. The van der Waals surface area contributed by atoms with Gasteiger partial charge >= 0.3 is 6.01 Å². The highest BCUT2D eigenvalue weighted by molar-refractivity contribution is 7.99. The predicted octanol–water partition coefficient (Wildman–Crippen LogP) is 0.732. The van der Waals surface area contributed by atoms with Crippen molar-refractivity contribution in [2.24, 2.45) is 0 Å². The second kappa shape index (κ2) is 5.37. The topological polar surface area (TPSA) is 54.2 Å². The molecular formula is C9H16N4OS. The van der Waals surface area contributed by atoms with E-state index in [2.05, 4.69) is 20.4 Å². The number of hydrogen-bond donors (Lipinski definition) is 1. The van der Waals surface area contributed by atoms with Crippen LogP contribution in [0.1, 0.15) is 12.3 Å². The van der Waals surface area contributed by atoms with E-state index in [4.69, 9.17) is 4.42 Å². The lowest BCUT2D eigenvalue weighted by molar-refractivity contribution is 0.472. The molecule has 84 valence electrons. The first-order chi connectivity index (χ1) is 7.40. The summed E-state index contributed by atoms with van der Waals surface area (Å²) in [4.78, 5) is 2.17. The predicted molar refractivity (Wildman–Crippen MR) is 61.2 cm³/mol. The fourth-order valence-electron chi connectivity index (χ4n) is 1.53. The van der Waals surface area contributed by atoms with Crippen LogP contribution in [0.15, 0.2) is 4.42 Å². The van der Waals surface area contributed by atoms with Gasteiger partial charge in [0, 0.05) is 18.8 Å². The first kappa shape index (κ1) is 10.8. The van der Waals surface area contributed by atoms with E-state index >= 15 is 0 Å². The molecule has 1 N–H and O–H groups in total. The Morgan fingerprint density at radius 2 is 2.33 bits per heavy atom. The third-order valence-electron chi connectivity index (χ3n) is 2.28. The van der Waals surface area contributed by atoms with Crippen molar-refractivity contribution in [3.8, 4) is 0 Å². The summed E-state index contributed by atoms with van der Waals surface area (Å²) < 4.78 is 5.55. The summed E-state index contributed by atoms with van der Waals surface area (Å²) >= 11 is 1.99. The number of aromatic nitrogens is 2. The standard InChI is InChI=1S/C9H16N4OS/c1-10-7-8-11-12-9(14-8)13-3-2-5-15-6-4-13/h10H,2-7H2,1H3. The van der Waals surface area contributed by atoms with Crippen LogP contribution in [0.4, 0.5) is 6.01 Å². The van der Waals surface area contributed by atoms with E-state index in [-0.39, 0.29) is 0 Å². The quantitative estimate of drug-likeness (QED) is 0.823. The Balaban J connectivity index is 2.00. The molecule has 1 aliphatic heterocycles. The van der Waals surface area contributed by atoms with Gasteiger partial charge in [0.15, 0.2) is 0 Å². The zero-order valence-electron chi connectivity index (χ0n) is 8.90. The molecule has 2 rings (SSSR count). The van der Waals surface area contributed by atoms with Crippen LogP contribution in [-0.4, -0.2) is 41.8 Å². The lowest BCUT2D eigenvalue weighted by Crippen LogP contribution is -2.25. The molecule has 0 unspecified atom stereocenters. The zero-order valence-corrected chi connectivity index (χ0v) is 9.72. The van der Waals surface area contributed by atoms with Gasteiger partial charge in [-0.3, -0.25) is 0 Å². The number of nitrogens with zero attached hydrogens (tertiary/aromatic N) is 3. The van der Waals surface area contributed by atoms with Crippen molar-refractivity contribution in [2.45, 2.75) is 13.0 Å². The number of hydrogen-bond acceptors (Lipinski definition) is 6. The normalized spacial score (nSPS) is 17.8. The third-order valence-corrected chi connectivity index (χ3v) is 3.33. The minimum atomic E-state index is 0.635. The third kappa shape index (κ3) is 2.85. The maximum atomic E-state index is 5.55. The van der Waals surface area contributed by atoms with Crippen LogP contribution in [0.5, 0.6) is 0 Å². The van der Waals surface area contributed by atoms with Crippen LogP contribution in [-0.2, 0) is 6.54 Å². The van der Waals surface area contributed by atoms with Gasteiger partial charge < -0.3 is 14.6 Å². The lowest BCUT2D eigenvalue weighted by atomic mass is 10.4. The molecule has 1 saturated heterocycles. The summed E-state index contributed by atoms with van der Waals surface area (Å²) in [6, 6.07) is 0.669. The maximum absolute atomic E-state index is 5.55. The van der Waals surface area contributed by atoms with Gasteiger partial charge in [0.25, 0.3) is 0 Å². The molecule has 2 heterocycles. The van der Waals surface area contributed by atoms with Gasteiger partial charge in [0.1, 0.15) is 0 Å².